The van der Waals surface area contributed by atoms with E-state index in [1.54, 1.807) is 47.0 Å². The van der Waals surface area contributed by atoms with Gasteiger partial charge in [0.2, 0.25) is 11.8 Å². The lowest BCUT2D eigenvalue weighted by Crippen LogP contribution is -2.51. The zero-order valence-corrected chi connectivity index (χ0v) is 18.6. The Labute approximate surface area is 187 Å². The molecule has 4 amide bonds. The number of imide groups is 1. The molecule has 1 N–H and O–H groups in total. The lowest BCUT2D eigenvalue weighted by Gasteiger charge is -2.29. The molecule has 30 heavy (non-hydrogen) atoms. The van der Waals surface area contributed by atoms with Gasteiger partial charge >= 0.3 is 0 Å². The van der Waals surface area contributed by atoms with Gasteiger partial charge in [-0.15, -0.1) is 11.8 Å². The number of carbonyl (C=O) groups excluding carboxylic acids is 4. The highest BCUT2D eigenvalue weighted by molar-refractivity contribution is 8.18. The number of fused-ring (bicyclic) bond motifs is 1. The first-order chi connectivity index (χ1) is 14.3. The van der Waals surface area contributed by atoms with Crippen LogP contribution in [0.25, 0.3) is 6.08 Å². The summed E-state index contributed by atoms with van der Waals surface area (Å²) in [5.74, 6) is -0.104. The fourth-order valence-corrected chi connectivity index (χ4v) is 6.33. The van der Waals surface area contributed by atoms with Crippen molar-refractivity contribution in [1.29, 1.82) is 0 Å². The number of nitrogens with zero attached hydrogens (tertiary/aromatic N) is 2. The Balaban J connectivity index is 1.35. The highest BCUT2D eigenvalue weighted by Crippen LogP contribution is 2.47. The van der Waals surface area contributed by atoms with Crippen molar-refractivity contribution in [2.75, 3.05) is 18.8 Å². The monoisotopic (exact) mass is 465 g/mol. The van der Waals surface area contributed by atoms with E-state index in [1.807, 2.05) is 6.92 Å². The van der Waals surface area contributed by atoms with Crippen LogP contribution in [0.5, 0.6) is 0 Å². The molecule has 1 aromatic carbocycles. The van der Waals surface area contributed by atoms with E-state index in [2.05, 4.69) is 5.32 Å². The van der Waals surface area contributed by atoms with Gasteiger partial charge in [0.1, 0.15) is 6.04 Å². The summed E-state index contributed by atoms with van der Waals surface area (Å²) in [6.07, 6.45) is 2.80. The number of amides is 4. The molecule has 10 heteroatoms. The molecular formula is C20H20ClN3O4S2. The predicted molar refractivity (Wildman–Crippen MR) is 118 cm³/mol. The van der Waals surface area contributed by atoms with Gasteiger partial charge in [-0.1, -0.05) is 29.8 Å². The van der Waals surface area contributed by atoms with Gasteiger partial charge in [0, 0.05) is 30.3 Å². The highest BCUT2D eigenvalue weighted by atomic mass is 35.5. The van der Waals surface area contributed by atoms with Gasteiger partial charge in [0.15, 0.2) is 0 Å². The van der Waals surface area contributed by atoms with E-state index in [0.29, 0.717) is 27.7 Å². The van der Waals surface area contributed by atoms with Gasteiger partial charge in [-0.2, -0.15) is 0 Å². The average Bonchev–Trinajstić information content (AvgIpc) is 3.30. The van der Waals surface area contributed by atoms with Crippen molar-refractivity contribution in [3.8, 4) is 0 Å². The van der Waals surface area contributed by atoms with Gasteiger partial charge in [0.05, 0.1) is 9.78 Å². The van der Waals surface area contributed by atoms with Gasteiger partial charge in [0.25, 0.3) is 11.1 Å². The summed E-state index contributed by atoms with van der Waals surface area (Å²) in [6, 6.07) is 6.56. The Hall–Kier alpha value is -1.97. The minimum Gasteiger partial charge on any atom is -0.352 e. The predicted octanol–water partition coefficient (Wildman–Crippen LogP) is 2.95. The van der Waals surface area contributed by atoms with E-state index in [1.165, 1.54) is 0 Å². The van der Waals surface area contributed by atoms with Crippen LogP contribution in [0.15, 0.2) is 29.2 Å². The Morgan fingerprint density at radius 3 is 2.87 bits per heavy atom. The molecule has 0 radical (unpaired) electrons. The molecule has 0 bridgehead atoms. The summed E-state index contributed by atoms with van der Waals surface area (Å²) >= 11 is 8.60. The van der Waals surface area contributed by atoms with Crippen LogP contribution in [0.2, 0.25) is 5.02 Å². The van der Waals surface area contributed by atoms with E-state index in [9.17, 15) is 19.2 Å². The lowest BCUT2D eigenvalue weighted by atomic mass is 10.2. The van der Waals surface area contributed by atoms with Crippen molar-refractivity contribution in [1.82, 2.24) is 15.1 Å². The number of nitrogens with one attached hydrogen (secondary N) is 1. The summed E-state index contributed by atoms with van der Waals surface area (Å²) in [6.45, 7) is 2.19. The zero-order chi connectivity index (χ0) is 21.5. The summed E-state index contributed by atoms with van der Waals surface area (Å²) in [4.78, 5) is 52.4. The smallest absolute Gasteiger partial charge is 0.293 e. The maximum atomic E-state index is 12.6. The Morgan fingerprint density at radius 1 is 1.33 bits per heavy atom. The third-order valence-corrected chi connectivity index (χ3v) is 8.20. The number of halogens is 1. The molecule has 7 nitrogen and oxygen atoms in total. The summed E-state index contributed by atoms with van der Waals surface area (Å²) in [5.41, 5.74) is 0.662. The van der Waals surface area contributed by atoms with Crippen LogP contribution in [-0.2, 0) is 14.4 Å². The fourth-order valence-electron chi connectivity index (χ4n) is 3.85. The quantitative estimate of drug-likeness (QED) is 0.673. The molecule has 0 aliphatic carbocycles. The fraction of sp³-hybridized carbons (Fsp3) is 0.400. The van der Waals surface area contributed by atoms with Crippen LogP contribution in [0.1, 0.15) is 25.3 Å². The van der Waals surface area contributed by atoms with Crippen LogP contribution < -0.4 is 5.32 Å². The van der Waals surface area contributed by atoms with Crippen molar-refractivity contribution in [3.63, 3.8) is 0 Å². The first-order valence-electron chi connectivity index (χ1n) is 9.54. The molecule has 2 atom stereocenters. The number of carbonyl (C=O) groups is 4. The minimum atomic E-state index is -0.509. The largest absolute Gasteiger partial charge is 0.352 e. The first-order valence-corrected chi connectivity index (χ1v) is 11.7. The van der Waals surface area contributed by atoms with Crippen molar-refractivity contribution in [3.05, 3.63) is 39.8 Å². The van der Waals surface area contributed by atoms with Crippen LogP contribution in [0.3, 0.4) is 0 Å². The van der Waals surface area contributed by atoms with Crippen molar-refractivity contribution in [2.45, 2.75) is 30.7 Å². The number of benzene rings is 1. The molecule has 3 aliphatic heterocycles. The van der Waals surface area contributed by atoms with E-state index < -0.39 is 11.9 Å². The summed E-state index contributed by atoms with van der Waals surface area (Å²) in [5, 5.41) is 2.89. The van der Waals surface area contributed by atoms with Crippen LogP contribution in [0, 0.1) is 0 Å². The van der Waals surface area contributed by atoms with Crippen LogP contribution in [0.4, 0.5) is 4.79 Å². The van der Waals surface area contributed by atoms with Gasteiger partial charge in [-0.3, -0.25) is 24.1 Å². The Bertz CT molecular complexity index is 969. The standard InChI is InChI=1S/C20H20ClN3O4S2/c1-20-7-6-16(25)24(20)14(11-29-20)17(26)22-8-9-23-18(27)15(30-19(23)28)10-12-4-2-3-5-13(12)21/h2-5,10,14H,6-9,11H2,1H3,(H,22,26)/b15-10-/t14-,20+/m0/s1. The number of hydrogen-bond donors (Lipinski definition) is 1. The highest BCUT2D eigenvalue weighted by Gasteiger charge is 2.52. The normalized spacial score (nSPS) is 27.3. The van der Waals surface area contributed by atoms with Crippen LogP contribution >= 0.6 is 35.1 Å². The Kier molecular flexibility index (Phi) is 5.87. The maximum Gasteiger partial charge on any atom is 0.293 e. The van der Waals surface area contributed by atoms with Crippen molar-refractivity contribution >= 4 is 64.2 Å². The Morgan fingerprint density at radius 2 is 2.10 bits per heavy atom. The summed E-state index contributed by atoms with van der Waals surface area (Å²) in [7, 11) is 0. The van der Waals surface area contributed by atoms with E-state index in [0.717, 1.165) is 23.1 Å². The minimum absolute atomic E-state index is 0.00157. The molecule has 3 fully saturated rings. The zero-order valence-electron chi connectivity index (χ0n) is 16.2. The van der Waals surface area contributed by atoms with Crippen LogP contribution in [-0.4, -0.2) is 62.5 Å². The topological polar surface area (TPSA) is 86.8 Å². The number of thioether (sulfide) groups is 2. The second-order valence-electron chi connectivity index (χ2n) is 7.41. The van der Waals surface area contributed by atoms with E-state index in [-0.39, 0.29) is 35.0 Å². The first kappa shape index (κ1) is 21.3. The molecule has 158 valence electrons. The molecule has 1 aromatic rings. The second kappa shape index (κ2) is 8.28. The van der Waals surface area contributed by atoms with Crippen molar-refractivity contribution < 1.29 is 19.2 Å². The molecular weight excluding hydrogens is 446 g/mol. The second-order valence-corrected chi connectivity index (χ2v) is 10.3. The molecule has 3 saturated heterocycles. The number of rotatable bonds is 5. The average molecular weight is 466 g/mol. The molecule has 0 saturated carbocycles. The SMILES string of the molecule is C[C@@]12CCC(=O)N1[C@H](C(=O)NCCN1C(=O)S/C(=C\c3ccccc3Cl)C1=O)CS2. The van der Waals surface area contributed by atoms with Gasteiger partial charge in [-0.05, 0) is 42.8 Å². The van der Waals surface area contributed by atoms with Gasteiger partial charge in [-0.25, -0.2) is 0 Å². The third kappa shape index (κ3) is 3.86. The van der Waals surface area contributed by atoms with E-state index >= 15 is 0 Å². The summed E-state index contributed by atoms with van der Waals surface area (Å²) < 4.78 is 0. The molecule has 0 unspecified atom stereocenters. The molecule has 0 aromatic heterocycles. The molecule has 0 spiro atoms. The maximum absolute atomic E-state index is 12.6. The third-order valence-electron chi connectivity index (χ3n) is 5.45. The van der Waals surface area contributed by atoms with E-state index in [4.69, 9.17) is 11.6 Å². The molecule has 3 heterocycles. The molecule has 4 rings (SSSR count). The number of hydrogen-bond acceptors (Lipinski definition) is 6. The van der Waals surface area contributed by atoms with Crippen molar-refractivity contribution in [2.24, 2.45) is 0 Å². The lowest BCUT2D eigenvalue weighted by molar-refractivity contribution is -0.137. The molecule has 3 aliphatic rings. The van der Waals surface area contributed by atoms with Gasteiger partial charge < -0.3 is 10.2 Å².